The lowest BCUT2D eigenvalue weighted by Crippen LogP contribution is -2.41. The number of urea groups is 1. The molecule has 0 atom stereocenters. The van der Waals surface area contributed by atoms with Crippen molar-refractivity contribution in [3.63, 3.8) is 0 Å². The van der Waals surface area contributed by atoms with Crippen molar-refractivity contribution >= 4 is 40.6 Å². The molecule has 19 heavy (non-hydrogen) atoms. The molecule has 96 valence electrons. The fraction of sp³-hybridized carbons (Fsp3) is 0. The fourth-order valence-corrected chi connectivity index (χ4v) is 2.25. The molecule has 3 rings (SSSR count). The van der Waals surface area contributed by atoms with E-state index in [1.54, 1.807) is 5.01 Å². The molecule has 0 fully saturated rings. The smallest absolute Gasteiger partial charge is 0.349 e. The molecule has 0 saturated heterocycles. The van der Waals surface area contributed by atoms with Gasteiger partial charge in [0, 0.05) is 11.8 Å². The Labute approximate surface area is 115 Å². The van der Waals surface area contributed by atoms with Gasteiger partial charge in [0.25, 0.3) is 0 Å². The summed E-state index contributed by atoms with van der Waals surface area (Å²) < 4.78 is 0.874. The number of carbonyl (C=O) groups excluding carboxylic acids is 1. The quantitative estimate of drug-likeness (QED) is 0.784. The second-order valence-corrected chi connectivity index (χ2v) is 4.39. The highest BCUT2D eigenvalue weighted by atomic mass is 35.5. The minimum Gasteiger partial charge on any atom is -0.352 e. The predicted octanol–water partition coefficient (Wildman–Crippen LogP) is 3.33. The first-order valence-electron chi connectivity index (χ1n) is 5.69. The van der Waals surface area contributed by atoms with Crippen LogP contribution in [0.2, 0.25) is 0 Å². The zero-order valence-corrected chi connectivity index (χ0v) is 10.6. The van der Waals surface area contributed by atoms with Gasteiger partial charge in [-0.25, -0.2) is 9.80 Å². The standard InChI is InChI=1S/C13H11ClN4O/c14-18(13(15)19)17-11-7-3-1-5-9(11)16-10-6-2-4-8-12(10)17/h1-8,16H,(H2,15,19). The number of para-hydroxylation sites is 4. The van der Waals surface area contributed by atoms with Crippen molar-refractivity contribution in [1.82, 2.24) is 4.53 Å². The van der Waals surface area contributed by atoms with Crippen molar-refractivity contribution in [3.05, 3.63) is 48.5 Å². The molecule has 6 heteroatoms. The molecule has 0 aliphatic carbocycles. The van der Waals surface area contributed by atoms with E-state index in [1.807, 2.05) is 48.5 Å². The van der Waals surface area contributed by atoms with Crippen LogP contribution in [-0.2, 0) is 0 Å². The van der Waals surface area contributed by atoms with E-state index < -0.39 is 6.03 Å². The van der Waals surface area contributed by atoms with Gasteiger partial charge in [0.15, 0.2) is 0 Å². The number of carbonyl (C=O) groups is 1. The van der Waals surface area contributed by atoms with E-state index in [4.69, 9.17) is 17.5 Å². The summed E-state index contributed by atoms with van der Waals surface area (Å²) in [5.41, 5.74) is 8.50. The Morgan fingerprint density at radius 2 is 1.53 bits per heavy atom. The summed E-state index contributed by atoms with van der Waals surface area (Å²) in [6.07, 6.45) is 0. The lowest BCUT2D eigenvalue weighted by atomic mass is 10.1. The number of nitrogens with zero attached hydrogens (tertiary/aromatic N) is 2. The molecule has 0 unspecified atom stereocenters. The molecular formula is C13H11ClN4O. The SMILES string of the molecule is NC(=O)N(Cl)N1c2ccccc2Nc2ccccc21. The Hall–Kier alpha value is -2.40. The second-order valence-electron chi connectivity index (χ2n) is 4.07. The number of rotatable bonds is 1. The first-order chi connectivity index (χ1) is 9.18. The zero-order chi connectivity index (χ0) is 13.4. The van der Waals surface area contributed by atoms with Gasteiger partial charge >= 0.3 is 6.03 Å². The Kier molecular flexibility index (Phi) is 2.68. The first kappa shape index (κ1) is 11.7. The highest BCUT2D eigenvalue weighted by molar-refractivity contribution is 6.22. The summed E-state index contributed by atoms with van der Waals surface area (Å²) in [4.78, 5) is 11.4. The largest absolute Gasteiger partial charge is 0.352 e. The van der Waals surface area contributed by atoms with Crippen LogP contribution < -0.4 is 16.1 Å². The number of nitrogens with two attached hydrogens (primary N) is 1. The maximum absolute atomic E-state index is 11.4. The lowest BCUT2D eigenvalue weighted by Gasteiger charge is -2.36. The van der Waals surface area contributed by atoms with Crippen LogP contribution in [0.5, 0.6) is 0 Å². The van der Waals surface area contributed by atoms with Crippen molar-refractivity contribution in [1.29, 1.82) is 0 Å². The van der Waals surface area contributed by atoms with Crippen LogP contribution in [0.25, 0.3) is 0 Å². The van der Waals surface area contributed by atoms with Crippen LogP contribution in [-0.4, -0.2) is 10.6 Å². The van der Waals surface area contributed by atoms with Crippen LogP contribution in [0.3, 0.4) is 0 Å². The number of anilines is 4. The van der Waals surface area contributed by atoms with Gasteiger partial charge in [0.05, 0.1) is 22.7 Å². The van der Waals surface area contributed by atoms with Gasteiger partial charge in [-0.2, -0.15) is 0 Å². The number of fused-ring (bicyclic) bond motifs is 2. The number of hydrazine groups is 1. The number of amides is 2. The Bertz CT molecular complexity index is 601. The number of halogens is 1. The summed E-state index contributed by atoms with van der Waals surface area (Å²) in [6.45, 7) is 0. The molecule has 1 heterocycles. The maximum atomic E-state index is 11.4. The topological polar surface area (TPSA) is 61.6 Å². The monoisotopic (exact) mass is 274 g/mol. The summed E-state index contributed by atoms with van der Waals surface area (Å²) in [6, 6.07) is 14.3. The van der Waals surface area contributed by atoms with Crippen molar-refractivity contribution in [3.8, 4) is 0 Å². The summed E-state index contributed by atoms with van der Waals surface area (Å²) in [5.74, 6) is 0. The number of primary amides is 1. The van der Waals surface area contributed by atoms with Crippen molar-refractivity contribution in [2.75, 3.05) is 10.3 Å². The summed E-state index contributed by atoms with van der Waals surface area (Å²) in [7, 11) is 0. The molecule has 0 radical (unpaired) electrons. The van der Waals surface area contributed by atoms with E-state index in [-0.39, 0.29) is 0 Å². The maximum Gasteiger partial charge on any atom is 0.349 e. The number of hydrogen-bond acceptors (Lipinski definition) is 3. The van der Waals surface area contributed by atoms with E-state index in [2.05, 4.69) is 5.32 Å². The molecule has 2 aromatic carbocycles. The van der Waals surface area contributed by atoms with E-state index in [9.17, 15) is 4.79 Å². The Morgan fingerprint density at radius 3 is 2.00 bits per heavy atom. The third-order valence-corrected chi connectivity index (χ3v) is 3.21. The van der Waals surface area contributed by atoms with E-state index in [0.717, 1.165) is 27.3 Å². The molecule has 0 aromatic heterocycles. The van der Waals surface area contributed by atoms with Gasteiger partial charge in [0.2, 0.25) is 0 Å². The van der Waals surface area contributed by atoms with Crippen LogP contribution in [0.15, 0.2) is 48.5 Å². The minimum absolute atomic E-state index is 0.742. The predicted molar refractivity (Wildman–Crippen MR) is 75.6 cm³/mol. The van der Waals surface area contributed by atoms with Crippen molar-refractivity contribution in [2.45, 2.75) is 0 Å². The zero-order valence-electron chi connectivity index (χ0n) is 9.88. The third kappa shape index (κ3) is 1.84. The van der Waals surface area contributed by atoms with Crippen molar-refractivity contribution in [2.24, 2.45) is 5.73 Å². The average molecular weight is 275 g/mol. The fourth-order valence-electron chi connectivity index (χ4n) is 2.09. The molecule has 1 aliphatic heterocycles. The third-order valence-electron chi connectivity index (χ3n) is 2.89. The summed E-state index contributed by atoms with van der Waals surface area (Å²) >= 11 is 6.01. The van der Waals surface area contributed by atoms with Gasteiger partial charge in [-0.1, -0.05) is 24.3 Å². The molecule has 2 aromatic rings. The first-order valence-corrected chi connectivity index (χ1v) is 6.03. The van der Waals surface area contributed by atoms with Gasteiger partial charge < -0.3 is 11.1 Å². The highest BCUT2D eigenvalue weighted by Gasteiger charge is 2.28. The second kappa shape index (κ2) is 4.37. The normalized spacial score (nSPS) is 12.2. The van der Waals surface area contributed by atoms with Crippen LogP contribution in [0.1, 0.15) is 0 Å². The van der Waals surface area contributed by atoms with Crippen LogP contribution in [0, 0.1) is 0 Å². The lowest BCUT2D eigenvalue weighted by molar-refractivity contribution is 0.233. The van der Waals surface area contributed by atoms with Crippen LogP contribution in [0.4, 0.5) is 27.5 Å². The molecule has 3 N–H and O–H groups in total. The van der Waals surface area contributed by atoms with Crippen LogP contribution >= 0.6 is 11.8 Å². The van der Waals surface area contributed by atoms with Gasteiger partial charge in [-0.05, 0) is 24.3 Å². The van der Waals surface area contributed by atoms with E-state index in [0.29, 0.717) is 0 Å². The Morgan fingerprint density at radius 1 is 1.05 bits per heavy atom. The summed E-state index contributed by atoms with van der Waals surface area (Å²) in [5, 5.41) is 4.86. The minimum atomic E-state index is -0.742. The number of benzene rings is 2. The van der Waals surface area contributed by atoms with Gasteiger partial charge in [-0.15, -0.1) is 4.53 Å². The molecule has 1 aliphatic rings. The van der Waals surface area contributed by atoms with E-state index in [1.165, 1.54) is 0 Å². The molecule has 5 nitrogen and oxygen atoms in total. The van der Waals surface area contributed by atoms with Crippen molar-refractivity contribution < 1.29 is 4.79 Å². The average Bonchev–Trinajstić information content (AvgIpc) is 2.43. The number of hydrogen-bond donors (Lipinski definition) is 2. The van der Waals surface area contributed by atoms with Gasteiger partial charge in [0.1, 0.15) is 0 Å². The molecule has 0 bridgehead atoms. The number of nitrogens with one attached hydrogen (secondary N) is 1. The molecule has 0 spiro atoms. The van der Waals surface area contributed by atoms with E-state index >= 15 is 0 Å². The highest BCUT2D eigenvalue weighted by Crippen LogP contribution is 2.44. The molecular weight excluding hydrogens is 264 g/mol. The molecule has 0 saturated carbocycles. The Balaban J connectivity index is 2.19. The van der Waals surface area contributed by atoms with Gasteiger partial charge in [-0.3, -0.25) is 0 Å². The molecule has 2 amide bonds.